The second-order valence-electron chi connectivity index (χ2n) is 9.24. The highest BCUT2D eigenvalue weighted by Crippen LogP contribution is 2.40. The van der Waals surface area contributed by atoms with Gasteiger partial charge in [0.15, 0.2) is 0 Å². The van der Waals surface area contributed by atoms with Gasteiger partial charge >= 0.3 is 0 Å². The van der Waals surface area contributed by atoms with Gasteiger partial charge in [0.1, 0.15) is 22.9 Å². The number of pyridine rings is 2. The fourth-order valence-corrected chi connectivity index (χ4v) is 5.17. The van der Waals surface area contributed by atoms with Crippen LogP contribution >= 0.6 is 0 Å². The predicted octanol–water partition coefficient (Wildman–Crippen LogP) is 6.46. The van der Waals surface area contributed by atoms with Crippen LogP contribution in [-0.4, -0.2) is 31.8 Å². The molecular formula is C30H27N5O2. The largest absolute Gasteiger partial charge is 0.496 e. The maximum absolute atomic E-state index is 5.89. The van der Waals surface area contributed by atoms with Gasteiger partial charge in [0.25, 0.3) is 0 Å². The molecule has 0 aliphatic rings. The number of nitrogens with zero attached hydrogens (tertiary/aromatic N) is 5. The fourth-order valence-electron chi connectivity index (χ4n) is 5.17. The van der Waals surface area contributed by atoms with E-state index < -0.39 is 0 Å². The maximum atomic E-state index is 5.89. The Bertz CT molecular complexity index is 1700. The summed E-state index contributed by atoms with van der Waals surface area (Å²) in [6, 6.07) is 20.6. The third-order valence-corrected chi connectivity index (χ3v) is 6.95. The lowest BCUT2D eigenvalue weighted by Crippen LogP contribution is -2.12. The van der Waals surface area contributed by atoms with Crippen LogP contribution in [0.5, 0.6) is 5.75 Å². The molecule has 1 atom stereocenters. The number of hydrogen-bond donors (Lipinski definition) is 0. The van der Waals surface area contributed by atoms with Crippen LogP contribution in [0.2, 0.25) is 0 Å². The summed E-state index contributed by atoms with van der Waals surface area (Å²) < 4.78 is 13.6. The minimum absolute atomic E-state index is 0.0451. The number of ether oxygens (including phenoxy) is 1. The van der Waals surface area contributed by atoms with Crippen molar-refractivity contribution >= 4 is 21.9 Å². The number of aromatic nitrogens is 5. The molecule has 2 aromatic carbocycles. The molecule has 6 rings (SSSR count). The first kappa shape index (κ1) is 22.9. The van der Waals surface area contributed by atoms with E-state index in [0.29, 0.717) is 6.42 Å². The van der Waals surface area contributed by atoms with Crippen LogP contribution < -0.4 is 4.74 Å². The Balaban J connectivity index is 1.63. The molecule has 184 valence electrons. The number of benzene rings is 2. The van der Waals surface area contributed by atoms with Gasteiger partial charge < -0.3 is 13.8 Å². The molecule has 4 heterocycles. The zero-order valence-electron chi connectivity index (χ0n) is 21.3. The average molecular weight is 490 g/mol. The van der Waals surface area contributed by atoms with Gasteiger partial charge in [-0.2, -0.15) is 0 Å². The number of methoxy groups -OCH3 is 1. The Hall–Kier alpha value is -4.52. The van der Waals surface area contributed by atoms with Gasteiger partial charge in [0, 0.05) is 29.3 Å². The molecule has 0 unspecified atom stereocenters. The first-order valence-corrected chi connectivity index (χ1v) is 12.3. The Kier molecular flexibility index (Phi) is 5.68. The van der Waals surface area contributed by atoms with Crippen LogP contribution in [-0.2, 0) is 6.42 Å². The van der Waals surface area contributed by atoms with Crippen molar-refractivity contribution in [2.24, 2.45) is 0 Å². The van der Waals surface area contributed by atoms with Crippen LogP contribution in [0.25, 0.3) is 33.1 Å². The molecule has 0 fully saturated rings. The van der Waals surface area contributed by atoms with Crippen LogP contribution in [0, 0.1) is 13.8 Å². The van der Waals surface area contributed by atoms with Gasteiger partial charge in [0.2, 0.25) is 0 Å². The van der Waals surface area contributed by atoms with E-state index in [1.54, 1.807) is 7.11 Å². The molecule has 0 amide bonds. The minimum Gasteiger partial charge on any atom is -0.496 e. The molecule has 0 saturated heterocycles. The molecule has 4 aromatic heterocycles. The average Bonchev–Trinajstić information content (AvgIpc) is 3.47. The van der Waals surface area contributed by atoms with Crippen molar-refractivity contribution in [3.63, 3.8) is 0 Å². The van der Waals surface area contributed by atoms with Crippen molar-refractivity contribution in [3.05, 3.63) is 102 Å². The summed E-state index contributed by atoms with van der Waals surface area (Å²) in [4.78, 5) is 14.4. The van der Waals surface area contributed by atoms with Crippen molar-refractivity contribution in [1.82, 2.24) is 24.7 Å². The van der Waals surface area contributed by atoms with E-state index in [4.69, 9.17) is 19.2 Å². The van der Waals surface area contributed by atoms with Crippen molar-refractivity contribution in [2.75, 3.05) is 7.11 Å². The standard InChI is InChI=1S/C30H27N5O2/c1-18-29(20(3)37-34-18)24-15-25-23(16-27(24)36-4)30-26(17-32-25)33-28(14-22-12-8-9-13-31-22)35(30)19(2)21-10-6-5-7-11-21/h5-13,15-17,19H,14H2,1-4H3/t19-/m1/s1. The van der Waals surface area contributed by atoms with E-state index in [9.17, 15) is 0 Å². The molecule has 7 nitrogen and oxygen atoms in total. The molecule has 7 heteroatoms. The van der Waals surface area contributed by atoms with Crippen LogP contribution in [0.1, 0.15) is 41.5 Å². The molecule has 0 aliphatic heterocycles. The van der Waals surface area contributed by atoms with Gasteiger partial charge in [0.05, 0.1) is 41.6 Å². The molecular weight excluding hydrogens is 462 g/mol. The van der Waals surface area contributed by atoms with Crippen molar-refractivity contribution in [2.45, 2.75) is 33.2 Å². The van der Waals surface area contributed by atoms with Gasteiger partial charge in [-0.3, -0.25) is 9.97 Å². The first-order valence-electron chi connectivity index (χ1n) is 12.3. The van der Waals surface area contributed by atoms with E-state index in [1.165, 1.54) is 5.56 Å². The predicted molar refractivity (Wildman–Crippen MR) is 144 cm³/mol. The highest BCUT2D eigenvalue weighted by molar-refractivity contribution is 6.05. The van der Waals surface area contributed by atoms with E-state index in [2.05, 4.69) is 58.0 Å². The van der Waals surface area contributed by atoms with E-state index in [-0.39, 0.29) is 6.04 Å². The molecule has 0 spiro atoms. The summed E-state index contributed by atoms with van der Waals surface area (Å²) in [6.45, 7) is 6.06. The molecule has 37 heavy (non-hydrogen) atoms. The summed E-state index contributed by atoms with van der Waals surface area (Å²) in [5, 5.41) is 5.12. The summed E-state index contributed by atoms with van der Waals surface area (Å²) in [5.74, 6) is 2.42. The highest BCUT2D eigenvalue weighted by atomic mass is 16.5. The second-order valence-corrected chi connectivity index (χ2v) is 9.24. The first-order chi connectivity index (χ1) is 18.0. The Labute approximate surface area is 214 Å². The normalized spacial score (nSPS) is 12.3. The maximum Gasteiger partial charge on any atom is 0.141 e. The molecule has 6 aromatic rings. The Morgan fingerprint density at radius 2 is 1.78 bits per heavy atom. The van der Waals surface area contributed by atoms with Gasteiger partial charge in [-0.25, -0.2) is 4.98 Å². The number of hydrogen-bond acceptors (Lipinski definition) is 6. The number of rotatable bonds is 6. The van der Waals surface area contributed by atoms with Crippen molar-refractivity contribution in [3.8, 4) is 16.9 Å². The third kappa shape index (κ3) is 3.93. The zero-order chi connectivity index (χ0) is 25.5. The smallest absolute Gasteiger partial charge is 0.141 e. The summed E-state index contributed by atoms with van der Waals surface area (Å²) >= 11 is 0. The van der Waals surface area contributed by atoms with Gasteiger partial charge in [-0.15, -0.1) is 0 Å². The van der Waals surface area contributed by atoms with Crippen LogP contribution in [0.4, 0.5) is 0 Å². The van der Waals surface area contributed by atoms with Crippen molar-refractivity contribution in [1.29, 1.82) is 0 Å². The number of aryl methyl sites for hydroxylation is 2. The molecule has 0 saturated carbocycles. The van der Waals surface area contributed by atoms with E-state index in [0.717, 1.165) is 61.8 Å². The zero-order valence-corrected chi connectivity index (χ0v) is 21.3. The van der Waals surface area contributed by atoms with E-state index >= 15 is 0 Å². The summed E-state index contributed by atoms with van der Waals surface area (Å²) in [5.41, 5.74) is 7.55. The van der Waals surface area contributed by atoms with Crippen molar-refractivity contribution < 1.29 is 9.26 Å². The molecule has 0 aliphatic carbocycles. The number of fused-ring (bicyclic) bond motifs is 3. The van der Waals surface area contributed by atoms with E-state index in [1.807, 2.05) is 50.5 Å². The quantitative estimate of drug-likeness (QED) is 0.267. The second kappa shape index (κ2) is 9.17. The van der Waals surface area contributed by atoms with Crippen LogP contribution in [0.3, 0.4) is 0 Å². The molecule has 0 bridgehead atoms. The topological polar surface area (TPSA) is 78.9 Å². The van der Waals surface area contributed by atoms with Gasteiger partial charge in [-0.1, -0.05) is 41.6 Å². The van der Waals surface area contributed by atoms with Gasteiger partial charge in [-0.05, 0) is 50.6 Å². The SMILES string of the molecule is COc1cc2c(cc1-c1c(C)noc1C)ncc1nc(Cc3ccccn3)n([C@H](C)c3ccccc3)c12. The third-order valence-electron chi connectivity index (χ3n) is 6.95. The Morgan fingerprint density at radius 3 is 2.49 bits per heavy atom. The lowest BCUT2D eigenvalue weighted by atomic mass is 10.00. The molecule has 0 radical (unpaired) electrons. The fraction of sp³-hybridized carbons (Fsp3) is 0.200. The minimum atomic E-state index is 0.0451. The lowest BCUT2D eigenvalue weighted by molar-refractivity contribution is 0.393. The summed E-state index contributed by atoms with van der Waals surface area (Å²) in [6.07, 6.45) is 4.29. The number of imidazole rings is 1. The highest BCUT2D eigenvalue weighted by Gasteiger charge is 2.23. The van der Waals surface area contributed by atoms with Crippen LogP contribution in [0.15, 0.2) is 77.6 Å². The Morgan fingerprint density at radius 1 is 0.973 bits per heavy atom. The monoisotopic (exact) mass is 489 g/mol. The summed E-state index contributed by atoms with van der Waals surface area (Å²) in [7, 11) is 1.69. The molecule has 0 N–H and O–H groups in total. The lowest BCUT2D eigenvalue weighted by Gasteiger charge is -2.19.